The largest absolute Gasteiger partial charge is 0.457 e. The van der Waals surface area contributed by atoms with Crippen molar-refractivity contribution in [1.82, 2.24) is 20.2 Å². The molecule has 25 heavy (non-hydrogen) atoms. The lowest BCUT2D eigenvalue weighted by atomic mass is 10.1. The predicted molar refractivity (Wildman–Crippen MR) is 97.6 cm³/mol. The van der Waals surface area contributed by atoms with Crippen molar-refractivity contribution in [2.24, 2.45) is 0 Å². The smallest absolute Gasteiger partial charge is 0.225 e. The van der Waals surface area contributed by atoms with Crippen LogP contribution < -0.4 is 15.8 Å². The van der Waals surface area contributed by atoms with E-state index in [-0.39, 0.29) is 0 Å². The predicted octanol–water partition coefficient (Wildman–Crippen LogP) is 3.44. The number of nitrogens with one attached hydrogen (secondary N) is 2. The van der Waals surface area contributed by atoms with E-state index < -0.39 is 0 Å². The first-order valence-electron chi connectivity index (χ1n) is 7.77. The van der Waals surface area contributed by atoms with Gasteiger partial charge in [-0.25, -0.2) is 4.98 Å². The highest BCUT2D eigenvalue weighted by Gasteiger charge is 2.14. The number of nitrogens with two attached hydrogens (primary N) is 1. The Hall–Kier alpha value is -3.61. The van der Waals surface area contributed by atoms with E-state index in [1.54, 1.807) is 7.05 Å². The number of nitrogen functional groups attached to an aromatic ring is 1. The normalized spacial score (nSPS) is 10.8. The molecule has 0 amide bonds. The van der Waals surface area contributed by atoms with Crippen LogP contribution in [0.15, 0.2) is 54.6 Å². The summed E-state index contributed by atoms with van der Waals surface area (Å²) in [6, 6.07) is 17.3. The van der Waals surface area contributed by atoms with E-state index in [0.717, 1.165) is 17.1 Å². The van der Waals surface area contributed by atoms with Crippen LogP contribution in [0.5, 0.6) is 11.5 Å². The van der Waals surface area contributed by atoms with Crippen molar-refractivity contribution in [1.29, 1.82) is 0 Å². The third kappa shape index (κ3) is 2.83. The van der Waals surface area contributed by atoms with Gasteiger partial charge in [-0.3, -0.25) is 5.10 Å². The summed E-state index contributed by atoms with van der Waals surface area (Å²) in [5.74, 6) is 2.40. The van der Waals surface area contributed by atoms with Gasteiger partial charge >= 0.3 is 0 Å². The average Bonchev–Trinajstić information content (AvgIpc) is 3.03. The van der Waals surface area contributed by atoms with Gasteiger partial charge in [-0.2, -0.15) is 10.1 Å². The number of para-hydroxylation sites is 1. The second-order valence-electron chi connectivity index (χ2n) is 5.42. The van der Waals surface area contributed by atoms with Gasteiger partial charge in [0.1, 0.15) is 11.5 Å². The van der Waals surface area contributed by atoms with Crippen LogP contribution in [0, 0.1) is 0 Å². The summed E-state index contributed by atoms with van der Waals surface area (Å²) >= 11 is 0. The van der Waals surface area contributed by atoms with E-state index in [9.17, 15) is 0 Å². The Bertz CT molecular complexity index is 1010. The molecule has 0 spiro atoms. The second kappa shape index (κ2) is 6.12. The summed E-state index contributed by atoms with van der Waals surface area (Å²) in [6.07, 6.45) is 0. The number of hydrogen-bond acceptors (Lipinski definition) is 6. The Balaban J connectivity index is 1.73. The number of hydrogen-bond donors (Lipinski definition) is 3. The summed E-state index contributed by atoms with van der Waals surface area (Å²) in [4.78, 5) is 8.86. The molecule has 124 valence electrons. The van der Waals surface area contributed by atoms with E-state index in [1.807, 2.05) is 54.6 Å². The number of aromatic amines is 1. The van der Waals surface area contributed by atoms with E-state index in [2.05, 4.69) is 25.5 Å². The Morgan fingerprint density at radius 3 is 2.40 bits per heavy atom. The molecular weight excluding hydrogens is 316 g/mol. The zero-order chi connectivity index (χ0) is 17.2. The van der Waals surface area contributed by atoms with Crippen molar-refractivity contribution < 1.29 is 4.74 Å². The zero-order valence-electron chi connectivity index (χ0n) is 13.5. The highest BCUT2D eigenvalue weighted by molar-refractivity contribution is 5.98. The summed E-state index contributed by atoms with van der Waals surface area (Å²) in [5.41, 5.74) is 8.18. The minimum atomic E-state index is 0.372. The molecule has 4 aromatic rings. The van der Waals surface area contributed by atoms with Gasteiger partial charge in [-0.15, -0.1) is 0 Å². The summed E-state index contributed by atoms with van der Waals surface area (Å²) in [5, 5.41) is 10.5. The van der Waals surface area contributed by atoms with Gasteiger partial charge in [0.05, 0.1) is 11.1 Å². The number of anilines is 2. The maximum Gasteiger partial charge on any atom is 0.225 e. The van der Waals surface area contributed by atoms with Crippen LogP contribution in [0.25, 0.3) is 22.3 Å². The van der Waals surface area contributed by atoms with Crippen LogP contribution in [-0.4, -0.2) is 27.2 Å². The van der Waals surface area contributed by atoms with E-state index >= 15 is 0 Å². The number of ether oxygens (including phenoxy) is 1. The Labute approximate surface area is 143 Å². The molecule has 0 fully saturated rings. The number of nitrogens with zero attached hydrogens (tertiary/aromatic N) is 3. The van der Waals surface area contributed by atoms with Gasteiger partial charge in [0.25, 0.3) is 0 Å². The van der Waals surface area contributed by atoms with Crippen molar-refractivity contribution in [3.8, 4) is 22.8 Å². The quantitative estimate of drug-likeness (QED) is 0.529. The topological polar surface area (TPSA) is 102 Å². The van der Waals surface area contributed by atoms with Gasteiger partial charge in [0, 0.05) is 12.6 Å². The van der Waals surface area contributed by atoms with Crippen LogP contribution in [0.1, 0.15) is 0 Å². The molecule has 0 bridgehead atoms. The molecule has 2 aromatic carbocycles. The van der Waals surface area contributed by atoms with Crippen molar-refractivity contribution >= 4 is 22.8 Å². The first-order valence-corrected chi connectivity index (χ1v) is 7.77. The van der Waals surface area contributed by atoms with Crippen molar-refractivity contribution in [2.75, 3.05) is 18.1 Å². The van der Waals surface area contributed by atoms with E-state index in [4.69, 9.17) is 10.5 Å². The fraction of sp³-hybridized carbons (Fsp3) is 0.0556. The summed E-state index contributed by atoms with van der Waals surface area (Å²) in [6.45, 7) is 0. The maximum absolute atomic E-state index is 5.97. The molecule has 4 rings (SSSR count). The molecule has 0 saturated heterocycles. The Kier molecular flexibility index (Phi) is 3.66. The summed E-state index contributed by atoms with van der Waals surface area (Å²) in [7, 11) is 1.77. The van der Waals surface area contributed by atoms with Crippen LogP contribution in [0.3, 0.4) is 0 Å². The zero-order valence-corrected chi connectivity index (χ0v) is 13.5. The SMILES string of the molecule is CNc1nc(-c2ccc(Oc3ccccc3)cc2)c2c(N)n[nH]c2n1. The number of aromatic nitrogens is 4. The lowest BCUT2D eigenvalue weighted by Crippen LogP contribution is -1.99. The van der Waals surface area contributed by atoms with Crippen LogP contribution in [0.4, 0.5) is 11.8 Å². The highest BCUT2D eigenvalue weighted by atomic mass is 16.5. The first-order chi connectivity index (χ1) is 12.2. The third-order valence-electron chi connectivity index (χ3n) is 3.78. The Morgan fingerprint density at radius 1 is 0.960 bits per heavy atom. The molecule has 0 unspecified atom stereocenters. The van der Waals surface area contributed by atoms with Gasteiger partial charge < -0.3 is 15.8 Å². The minimum absolute atomic E-state index is 0.372. The van der Waals surface area contributed by atoms with E-state index in [0.29, 0.717) is 28.5 Å². The second-order valence-corrected chi connectivity index (χ2v) is 5.42. The van der Waals surface area contributed by atoms with Crippen LogP contribution >= 0.6 is 0 Å². The molecule has 4 N–H and O–H groups in total. The monoisotopic (exact) mass is 332 g/mol. The number of H-pyrrole nitrogens is 1. The fourth-order valence-electron chi connectivity index (χ4n) is 2.58. The molecule has 0 aliphatic carbocycles. The van der Waals surface area contributed by atoms with Crippen molar-refractivity contribution in [3.63, 3.8) is 0 Å². The molecule has 0 saturated carbocycles. The molecule has 0 aliphatic heterocycles. The maximum atomic E-state index is 5.97. The van der Waals surface area contributed by atoms with Gasteiger partial charge in [0.15, 0.2) is 11.5 Å². The third-order valence-corrected chi connectivity index (χ3v) is 3.78. The van der Waals surface area contributed by atoms with Gasteiger partial charge in [-0.1, -0.05) is 18.2 Å². The molecule has 7 heteroatoms. The van der Waals surface area contributed by atoms with Gasteiger partial charge in [0.2, 0.25) is 5.95 Å². The van der Waals surface area contributed by atoms with E-state index in [1.165, 1.54) is 0 Å². The molecule has 0 aliphatic rings. The molecule has 0 atom stereocenters. The average molecular weight is 332 g/mol. The molecule has 7 nitrogen and oxygen atoms in total. The summed E-state index contributed by atoms with van der Waals surface area (Å²) < 4.78 is 5.82. The minimum Gasteiger partial charge on any atom is -0.457 e. The number of rotatable bonds is 4. The van der Waals surface area contributed by atoms with Crippen molar-refractivity contribution in [2.45, 2.75) is 0 Å². The lowest BCUT2D eigenvalue weighted by Gasteiger charge is -2.08. The standard InChI is InChI=1S/C18H16N6O/c1-20-18-21-15(14-16(19)23-24-17(14)22-18)11-7-9-13(10-8-11)25-12-5-3-2-4-6-12/h2-10H,1H3,(H4,19,20,21,22,23,24). The highest BCUT2D eigenvalue weighted by Crippen LogP contribution is 2.31. The van der Waals surface area contributed by atoms with Crippen LogP contribution in [0.2, 0.25) is 0 Å². The first kappa shape index (κ1) is 14.9. The molecule has 2 heterocycles. The van der Waals surface area contributed by atoms with Crippen molar-refractivity contribution in [3.05, 3.63) is 54.6 Å². The number of fused-ring (bicyclic) bond motifs is 1. The fourth-order valence-corrected chi connectivity index (χ4v) is 2.58. The number of benzene rings is 2. The molecule has 0 radical (unpaired) electrons. The Morgan fingerprint density at radius 2 is 1.68 bits per heavy atom. The molecular formula is C18H16N6O. The molecule has 2 aromatic heterocycles. The van der Waals surface area contributed by atoms with Crippen LogP contribution in [-0.2, 0) is 0 Å². The van der Waals surface area contributed by atoms with Gasteiger partial charge in [-0.05, 0) is 36.4 Å². The lowest BCUT2D eigenvalue weighted by molar-refractivity contribution is 0.483.